The van der Waals surface area contributed by atoms with Crippen molar-refractivity contribution in [2.24, 2.45) is 0 Å². The van der Waals surface area contributed by atoms with E-state index in [1.165, 1.54) is 5.56 Å². The zero-order valence-corrected chi connectivity index (χ0v) is 12.9. The third-order valence-electron chi connectivity index (χ3n) is 3.63. The summed E-state index contributed by atoms with van der Waals surface area (Å²) in [5.41, 5.74) is 8.65. The third-order valence-corrected chi connectivity index (χ3v) is 3.63. The van der Waals surface area contributed by atoms with Crippen molar-refractivity contribution in [3.63, 3.8) is 0 Å². The van der Waals surface area contributed by atoms with Gasteiger partial charge in [-0.1, -0.05) is 42.5 Å². The van der Waals surface area contributed by atoms with Crippen molar-refractivity contribution in [1.29, 1.82) is 0 Å². The molecule has 0 saturated carbocycles. The second kappa shape index (κ2) is 8.20. The van der Waals surface area contributed by atoms with Gasteiger partial charge in [-0.3, -0.25) is 4.79 Å². The summed E-state index contributed by atoms with van der Waals surface area (Å²) < 4.78 is 0. The van der Waals surface area contributed by atoms with Crippen molar-refractivity contribution < 1.29 is 4.79 Å². The van der Waals surface area contributed by atoms with Gasteiger partial charge in [0.2, 0.25) is 5.91 Å². The summed E-state index contributed by atoms with van der Waals surface area (Å²) in [6.45, 7) is 0.529. The van der Waals surface area contributed by atoms with Crippen LogP contribution in [0.5, 0.6) is 0 Å². The molecule has 0 aliphatic carbocycles. The molecule has 0 aliphatic heterocycles. The summed E-state index contributed by atoms with van der Waals surface area (Å²) in [5, 5.41) is 6.16. The largest absolute Gasteiger partial charge is 0.399 e. The molecule has 116 valence electrons. The standard InChI is InChI=1S/C18H23N3O/c1-20-17(11-14-5-3-2-4-6-14)12-18(22)21-13-15-7-9-16(19)10-8-15/h2-10,17,20H,11-13,19H2,1H3,(H,21,22). The van der Waals surface area contributed by atoms with E-state index in [0.29, 0.717) is 13.0 Å². The minimum atomic E-state index is 0.0482. The van der Waals surface area contributed by atoms with Crippen LogP contribution in [0.4, 0.5) is 5.69 Å². The average Bonchev–Trinajstić information content (AvgIpc) is 2.54. The van der Waals surface area contributed by atoms with Gasteiger partial charge < -0.3 is 16.4 Å². The van der Waals surface area contributed by atoms with Crippen LogP contribution in [0, 0.1) is 0 Å². The molecule has 4 nitrogen and oxygen atoms in total. The fourth-order valence-corrected chi connectivity index (χ4v) is 2.31. The van der Waals surface area contributed by atoms with Crippen molar-refractivity contribution >= 4 is 11.6 Å². The lowest BCUT2D eigenvalue weighted by molar-refractivity contribution is -0.121. The maximum Gasteiger partial charge on any atom is 0.221 e. The molecule has 0 aliphatic rings. The van der Waals surface area contributed by atoms with Crippen LogP contribution in [0.1, 0.15) is 17.5 Å². The quantitative estimate of drug-likeness (QED) is 0.686. The molecule has 1 amide bonds. The molecule has 0 bridgehead atoms. The molecule has 2 rings (SSSR count). The molecule has 2 aromatic rings. The molecule has 0 saturated heterocycles. The molecule has 0 fully saturated rings. The molecule has 4 N–H and O–H groups in total. The fourth-order valence-electron chi connectivity index (χ4n) is 2.31. The van der Waals surface area contributed by atoms with Gasteiger partial charge in [-0.2, -0.15) is 0 Å². The number of hydrogen-bond donors (Lipinski definition) is 3. The third kappa shape index (κ3) is 5.22. The molecule has 2 aromatic carbocycles. The van der Waals surface area contributed by atoms with Crippen LogP contribution in [0.3, 0.4) is 0 Å². The lowest BCUT2D eigenvalue weighted by Gasteiger charge is -2.16. The number of nitrogens with two attached hydrogens (primary N) is 1. The van der Waals surface area contributed by atoms with Gasteiger partial charge in [-0.05, 0) is 36.7 Å². The Balaban J connectivity index is 1.80. The molecule has 22 heavy (non-hydrogen) atoms. The van der Waals surface area contributed by atoms with E-state index in [9.17, 15) is 4.79 Å². The number of nitrogen functional groups attached to an aromatic ring is 1. The normalized spacial score (nSPS) is 11.9. The highest BCUT2D eigenvalue weighted by Crippen LogP contribution is 2.07. The summed E-state index contributed by atoms with van der Waals surface area (Å²) >= 11 is 0. The molecular weight excluding hydrogens is 274 g/mol. The van der Waals surface area contributed by atoms with Crippen molar-refractivity contribution in [3.05, 3.63) is 65.7 Å². The van der Waals surface area contributed by atoms with E-state index in [-0.39, 0.29) is 11.9 Å². The van der Waals surface area contributed by atoms with Crippen molar-refractivity contribution in [3.8, 4) is 0 Å². The number of amides is 1. The number of rotatable bonds is 7. The fraction of sp³-hybridized carbons (Fsp3) is 0.278. The average molecular weight is 297 g/mol. The Bertz CT molecular complexity index is 581. The number of likely N-dealkylation sites (N-methyl/N-ethyl adjacent to an activating group) is 1. The van der Waals surface area contributed by atoms with E-state index in [1.54, 1.807) is 0 Å². The van der Waals surface area contributed by atoms with Gasteiger partial charge in [0, 0.05) is 24.7 Å². The molecule has 4 heteroatoms. The van der Waals surface area contributed by atoms with Crippen LogP contribution in [0.2, 0.25) is 0 Å². The van der Waals surface area contributed by atoms with Gasteiger partial charge in [0.25, 0.3) is 0 Å². The Morgan fingerprint density at radius 2 is 1.73 bits per heavy atom. The number of anilines is 1. The monoisotopic (exact) mass is 297 g/mol. The minimum absolute atomic E-state index is 0.0482. The van der Waals surface area contributed by atoms with Gasteiger partial charge >= 0.3 is 0 Å². The predicted molar refractivity (Wildman–Crippen MR) is 90.3 cm³/mol. The van der Waals surface area contributed by atoms with E-state index in [0.717, 1.165) is 17.7 Å². The molecule has 0 spiro atoms. The first-order valence-corrected chi connectivity index (χ1v) is 7.49. The van der Waals surface area contributed by atoms with Gasteiger partial charge in [-0.25, -0.2) is 0 Å². The van der Waals surface area contributed by atoms with E-state index < -0.39 is 0 Å². The number of nitrogens with one attached hydrogen (secondary N) is 2. The van der Waals surface area contributed by atoms with E-state index >= 15 is 0 Å². The number of carbonyl (C=O) groups is 1. The topological polar surface area (TPSA) is 67.2 Å². The Morgan fingerprint density at radius 3 is 2.36 bits per heavy atom. The highest BCUT2D eigenvalue weighted by Gasteiger charge is 2.12. The van der Waals surface area contributed by atoms with Crippen LogP contribution in [-0.2, 0) is 17.8 Å². The van der Waals surface area contributed by atoms with E-state index in [4.69, 9.17) is 5.73 Å². The maximum absolute atomic E-state index is 12.1. The molecular formula is C18H23N3O. The molecule has 1 unspecified atom stereocenters. The highest BCUT2D eigenvalue weighted by atomic mass is 16.1. The van der Waals surface area contributed by atoms with Gasteiger partial charge in [0.15, 0.2) is 0 Å². The number of carbonyl (C=O) groups excluding carboxylic acids is 1. The Labute approximate surface area is 131 Å². The Kier molecular flexibility index (Phi) is 5.98. The maximum atomic E-state index is 12.1. The first-order valence-electron chi connectivity index (χ1n) is 7.49. The zero-order valence-electron chi connectivity index (χ0n) is 12.9. The van der Waals surface area contributed by atoms with Gasteiger partial charge in [-0.15, -0.1) is 0 Å². The second-order valence-electron chi connectivity index (χ2n) is 5.40. The number of hydrogen-bond acceptors (Lipinski definition) is 3. The van der Waals surface area contributed by atoms with Crippen LogP contribution in [0.25, 0.3) is 0 Å². The molecule has 0 radical (unpaired) electrons. The lowest BCUT2D eigenvalue weighted by Crippen LogP contribution is -2.35. The minimum Gasteiger partial charge on any atom is -0.399 e. The summed E-state index contributed by atoms with van der Waals surface area (Å²) in [5.74, 6) is 0.0482. The predicted octanol–water partition coefficient (Wildman–Crippen LogP) is 2.11. The van der Waals surface area contributed by atoms with E-state index in [1.807, 2.05) is 49.5 Å². The highest BCUT2D eigenvalue weighted by molar-refractivity contribution is 5.76. The molecule has 0 aromatic heterocycles. The SMILES string of the molecule is CNC(CC(=O)NCc1ccc(N)cc1)Cc1ccccc1. The van der Waals surface area contributed by atoms with Crippen LogP contribution < -0.4 is 16.4 Å². The van der Waals surface area contributed by atoms with Crippen LogP contribution in [-0.4, -0.2) is 19.0 Å². The van der Waals surface area contributed by atoms with Gasteiger partial charge in [0.05, 0.1) is 0 Å². The molecule has 0 heterocycles. The first kappa shape index (κ1) is 16.0. The Morgan fingerprint density at radius 1 is 1.05 bits per heavy atom. The Hall–Kier alpha value is -2.33. The summed E-state index contributed by atoms with van der Waals surface area (Å²) in [6, 6.07) is 17.9. The molecule has 1 atom stereocenters. The second-order valence-corrected chi connectivity index (χ2v) is 5.40. The van der Waals surface area contributed by atoms with Gasteiger partial charge in [0.1, 0.15) is 0 Å². The summed E-state index contributed by atoms with van der Waals surface area (Å²) in [7, 11) is 1.89. The summed E-state index contributed by atoms with van der Waals surface area (Å²) in [4.78, 5) is 12.1. The van der Waals surface area contributed by atoms with Crippen molar-refractivity contribution in [2.45, 2.75) is 25.4 Å². The van der Waals surface area contributed by atoms with Crippen LogP contribution >= 0.6 is 0 Å². The lowest BCUT2D eigenvalue weighted by atomic mass is 10.0. The van der Waals surface area contributed by atoms with Crippen molar-refractivity contribution in [2.75, 3.05) is 12.8 Å². The van der Waals surface area contributed by atoms with E-state index in [2.05, 4.69) is 22.8 Å². The van der Waals surface area contributed by atoms with Crippen LogP contribution in [0.15, 0.2) is 54.6 Å². The zero-order chi connectivity index (χ0) is 15.8. The first-order chi connectivity index (χ1) is 10.7. The van der Waals surface area contributed by atoms with Crippen molar-refractivity contribution in [1.82, 2.24) is 10.6 Å². The smallest absolute Gasteiger partial charge is 0.221 e. The number of benzene rings is 2. The summed E-state index contributed by atoms with van der Waals surface area (Å²) in [6.07, 6.45) is 1.30.